The molecule has 0 unspecified atom stereocenters. The van der Waals surface area contributed by atoms with Gasteiger partial charge in [0.05, 0.1) is 0 Å². The molecule has 0 aliphatic rings. The largest absolute Gasteiger partial charge is 0.412 e. The summed E-state index contributed by atoms with van der Waals surface area (Å²) in [6.45, 7) is 0. The molecule has 0 amide bonds. The molecule has 5 heavy (non-hydrogen) atoms. The van der Waals surface area contributed by atoms with Crippen LogP contribution in [0.4, 0.5) is 0 Å². The molecule has 30 valence electrons. The average molecular weight is 128 g/mol. The second-order valence-corrected chi connectivity index (χ2v) is 0. The Bertz CT molecular complexity index is 6.85. The van der Waals surface area contributed by atoms with Gasteiger partial charge in [-0.05, 0) is 0 Å². The molecule has 0 aliphatic carbocycles. The molecule has 6 N–H and O–H groups in total. The van der Waals surface area contributed by atoms with Crippen molar-refractivity contribution in [3.05, 3.63) is 0 Å². The van der Waals surface area contributed by atoms with E-state index in [2.05, 4.69) is 0 Å². The van der Waals surface area contributed by atoms with Gasteiger partial charge in [-0.1, -0.05) is 0 Å². The van der Waals surface area contributed by atoms with Gasteiger partial charge in [0, 0.05) is 48.1 Å². The molecule has 0 atom stereocenters. The molecule has 2 radical (unpaired) electrons. The first kappa shape index (κ1) is 90.0. The Kier molecular flexibility index (Phi) is 914. The number of hydrogen-bond acceptors (Lipinski definition) is 0. The van der Waals surface area contributed by atoms with Crippen molar-refractivity contribution in [1.29, 1.82) is 0 Å². The monoisotopic (exact) mass is 128 g/mol. The van der Waals surface area contributed by atoms with Crippen LogP contribution in [0.2, 0.25) is 0 Å². The van der Waals surface area contributed by atoms with Crippen LogP contribution in [0.5, 0.6) is 0 Å². The molecule has 0 aromatic rings. The molecule has 0 saturated heterocycles. The first-order valence-corrected chi connectivity index (χ1v) is 0. The second kappa shape index (κ2) is 50.8. The summed E-state index contributed by atoms with van der Waals surface area (Å²) in [5.41, 5.74) is 0. The standard InChI is InChI=1S/Na.3H2O.V/h;3*1H2;. The topological polar surface area (TPSA) is 94.5 Å². The molecule has 0 aromatic heterocycles. The molecular weight excluding hydrogens is 122 g/mol. The normalized spacial score (nSPS) is 0. The van der Waals surface area contributed by atoms with Gasteiger partial charge in [0.1, 0.15) is 0 Å². The van der Waals surface area contributed by atoms with Gasteiger partial charge >= 0.3 is 0 Å². The van der Waals surface area contributed by atoms with Crippen LogP contribution in [0, 0.1) is 0 Å². The summed E-state index contributed by atoms with van der Waals surface area (Å²) in [4.78, 5) is 0. The summed E-state index contributed by atoms with van der Waals surface area (Å²) in [5.74, 6) is 0. The summed E-state index contributed by atoms with van der Waals surface area (Å²) in [6.07, 6.45) is 0. The van der Waals surface area contributed by atoms with Crippen molar-refractivity contribution in [1.82, 2.24) is 0 Å². The molecule has 0 spiro atoms. The van der Waals surface area contributed by atoms with E-state index in [-0.39, 0.29) is 64.5 Å². The van der Waals surface area contributed by atoms with Gasteiger partial charge < -0.3 is 16.4 Å². The summed E-state index contributed by atoms with van der Waals surface area (Å²) >= 11 is 0. The summed E-state index contributed by atoms with van der Waals surface area (Å²) in [7, 11) is 0. The van der Waals surface area contributed by atoms with Gasteiger partial charge in [0.2, 0.25) is 0 Å². The predicted octanol–water partition coefficient (Wildman–Crippen LogP) is -2.86. The predicted molar refractivity (Wildman–Crippen MR) is 16.6 cm³/mol. The first-order valence-electron chi connectivity index (χ1n) is 0. The Hall–Kier alpha value is 1.46. The van der Waals surface area contributed by atoms with Gasteiger partial charge in [0.15, 0.2) is 0 Å². The zero-order valence-corrected chi connectivity index (χ0v) is 6.34. The van der Waals surface area contributed by atoms with Crippen molar-refractivity contribution in [2.45, 2.75) is 0 Å². The van der Waals surface area contributed by atoms with E-state index in [4.69, 9.17) is 0 Å². The zero-order chi connectivity index (χ0) is 0. The van der Waals surface area contributed by atoms with Gasteiger partial charge in [-0.3, -0.25) is 0 Å². The van der Waals surface area contributed by atoms with E-state index in [9.17, 15) is 0 Å². The maximum Gasteiger partial charge on any atom is 0 e. The second-order valence-electron chi connectivity index (χ2n) is 0. The molecule has 5 heteroatoms. The average Bonchev–Trinajstić information content (AvgIpc) is 0. The van der Waals surface area contributed by atoms with Crippen LogP contribution in [-0.2, 0) is 18.6 Å². The minimum atomic E-state index is 0. The van der Waals surface area contributed by atoms with Crippen LogP contribution < -0.4 is 0 Å². The van der Waals surface area contributed by atoms with Crippen LogP contribution in [0.1, 0.15) is 0 Å². The maximum atomic E-state index is 0. The van der Waals surface area contributed by atoms with E-state index in [1.807, 2.05) is 0 Å². The first-order chi connectivity index (χ1) is 0. The third-order valence-corrected chi connectivity index (χ3v) is 0. The van der Waals surface area contributed by atoms with Crippen molar-refractivity contribution in [3.8, 4) is 0 Å². The van der Waals surface area contributed by atoms with Crippen LogP contribution in [0.15, 0.2) is 0 Å². The van der Waals surface area contributed by atoms with Crippen molar-refractivity contribution in [2.24, 2.45) is 0 Å². The number of rotatable bonds is 0. The van der Waals surface area contributed by atoms with E-state index >= 15 is 0 Å². The van der Waals surface area contributed by atoms with Crippen molar-refractivity contribution in [2.75, 3.05) is 0 Å². The third kappa shape index (κ3) is 30.6. The minimum Gasteiger partial charge on any atom is -0.412 e. The van der Waals surface area contributed by atoms with E-state index in [1.165, 1.54) is 0 Å². The summed E-state index contributed by atoms with van der Waals surface area (Å²) < 4.78 is 0. The van der Waals surface area contributed by atoms with Gasteiger partial charge in [-0.25, -0.2) is 0 Å². The van der Waals surface area contributed by atoms with E-state index in [1.54, 1.807) is 0 Å². The van der Waals surface area contributed by atoms with Crippen LogP contribution >= 0.6 is 0 Å². The quantitative estimate of drug-likeness (QED) is 0.314. The fourth-order valence-electron chi connectivity index (χ4n) is 0. The molecule has 0 bridgehead atoms. The molecule has 3 nitrogen and oxygen atoms in total. The Morgan fingerprint density at radius 2 is 0.600 bits per heavy atom. The Morgan fingerprint density at radius 1 is 0.600 bits per heavy atom. The molecule has 0 fully saturated rings. The van der Waals surface area contributed by atoms with E-state index in [0.717, 1.165) is 0 Å². The van der Waals surface area contributed by atoms with Crippen LogP contribution in [0.25, 0.3) is 0 Å². The Balaban J connectivity index is 0. The fraction of sp³-hybridized carbons (Fsp3) is 0. The molecule has 0 saturated carbocycles. The Labute approximate surface area is 64.2 Å². The van der Waals surface area contributed by atoms with Crippen molar-refractivity contribution < 1.29 is 35.0 Å². The van der Waals surface area contributed by atoms with Gasteiger partial charge in [-0.15, -0.1) is 0 Å². The van der Waals surface area contributed by atoms with Gasteiger partial charge in [0.25, 0.3) is 0 Å². The summed E-state index contributed by atoms with van der Waals surface area (Å²) in [5, 5.41) is 0. The molecule has 0 aromatic carbocycles. The van der Waals surface area contributed by atoms with E-state index < -0.39 is 0 Å². The minimum absolute atomic E-state index is 0. The van der Waals surface area contributed by atoms with Crippen molar-refractivity contribution >= 4 is 29.6 Å². The smallest absolute Gasteiger partial charge is 0 e. The van der Waals surface area contributed by atoms with Gasteiger partial charge in [-0.2, -0.15) is 0 Å². The summed E-state index contributed by atoms with van der Waals surface area (Å²) in [6, 6.07) is 0. The number of hydrogen-bond donors (Lipinski definition) is 0. The van der Waals surface area contributed by atoms with Crippen LogP contribution in [0.3, 0.4) is 0 Å². The fourth-order valence-corrected chi connectivity index (χ4v) is 0. The molecule has 0 rings (SSSR count). The third-order valence-electron chi connectivity index (χ3n) is 0. The SMILES string of the molecule is O.O.O.[Na].[V]. The molecule has 0 aliphatic heterocycles. The Morgan fingerprint density at radius 3 is 0.600 bits per heavy atom. The van der Waals surface area contributed by atoms with Crippen LogP contribution in [-0.4, -0.2) is 46.0 Å². The molecular formula is H6NaO3V. The zero-order valence-electron chi connectivity index (χ0n) is 2.95. The molecule has 0 heterocycles. The van der Waals surface area contributed by atoms with E-state index in [0.29, 0.717) is 0 Å². The maximum absolute atomic E-state index is 0. The van der Waals surface area contributed by atoms with Crippen molar-refractivity contribution in [3.63, 3.8) is 0 Å².